The average Bonchev–Trinajstić information content (AvgIpc) is 3.19. The van der Waals surface area contributed by atoms with Gasteiger partial charge in [-0.25, -0.2) is 0 Å². The first-order chi connectivity index (χ1) is 9.56. The first-order valence-electron chi connectivity index (χ1n) is 6.91. The van der Waals surface area contributed by atoms with Crippen LogP contribution in [0, 0.1) is 16.0 Å². The lowest BCUT2D eigenvalue weighted by Gasteiger charge is -2.16. The lowest BCUT2D eigenvalue weighted by atomic mass is 9.89. The van der Waals surface area contributed by atoms with Gasteiger partial charge in [0, 0.05) is 16.1 Å². The fourth-order valence-corrected chi connectivity index (χ4v) is 3.25. The molecule has 0 saturated heterocycles. The van der Waals surface area contributed by atoms with Crippen LogP contribution < -0.4 is 0 Å². The second-order valence-corrected chi connectivity index (χ2v) is 6.54. The van der Waals surface area contributed by atoms with Gasteiger partial charge in [0.1, 0.15) is 0 Å². The van der Waals surface area contributed by atoms with Crippen molar-refractivity contribution in [2.75, 3.05) is 0 Å². The molecule has 0 aliphatic heterocycles. The minimum Gasteiger partial charge on any atom is -0.258 e. The highest BCUT2D eigenvalue weighted by molar-refractivity contribution is 9.10. The van der Waals surface area contributed by atoms with Gasteiger partial charge in [-0.2, -0.15) is 0 Å². The van der Waals surface area contributed by atoms with Crippen molar-refractivity contribution in [3.63, 3.8) is 0 Å². The van der Waals surface area contributed by atoms with Gasteiger partial charge in [0.2, 0.25) is 0 Å². The smallest absolute Gasteiger partial charge is 0.258 e. The van der Waals surface area contributed by atoms with Crippen LogP contribution in [0.2, 0.25) is 0 Å². The van der Waals surface area contributed by atoms with Crippen LogP contribution >= 0.6 is 15.9 Å². The van der Waals surface area contributed by atoms with Crippen molar-refractivity contribution in [1.29, 1.82) is 0 Å². The number of aryl methyl sites for hydroxylation is 1. The number of nitrogens with zero attached hydrogens (tertiary/aromatic N) is 1. The van der Waals surface area contributed by atoms with E-state index in [1.54, 1.807) is 6.08 Å². The molecule has 3 rings (SSSR count). The molecular weight excluding hydrogens is 318 g/mol. The minimum atomic E-state index is -0.214. The average molecular weight is 334 g/mol. The van der Waals surface area contributed by atoms with Gasteiger partial charge in [0.15, 0.2) is 0 Å². The zero-order valence-corrected chi connectivity index (χ0v) is 12.9. The van der Waals surface area contributed by atoms with Crippen LogP contribution in [-0.2, 0) is 6.42 Å². The molecule has 1 aromatic carbocycles. The molecule has 0 aromatic heterocycles. The molecule has 4 heteroatoms. The number of benzene rings is 1. The van der Waals surface area contributed by atoms with Gasteiger partial charge in [-0.1, -0.05) is 27.6 Å². The van der Waals surface area contributed by atoms with E-state index in [2.05, 4.69) is 22.0 Å². The van der Waals surface area contributed by atoms with Crippen LogP contribution in [0.3, 0.4) is 0 Å². The van der Waals surface area contributed by atoms with E-state index in [0.29, 0.717) is 11.6 Å². The van der Waals surface area contributed by atoms with Gasteiger partial charge in [-0.15, -0.1) is 0 Å². The number of hydrogen-bond acceptors (Lipinski definition) is 2. The lowest BCUT2D eigenvalue weighted by molar-refractivity contribution is -0.418. The highest BCUT2D eigenvalue weighted by Gasteiger charge is 2.35. The van der Waals surface area contributed by atoms with E-state index in [0.717, 1.165) is 46.9 Å². The van der Waals surface area contributed by atoms with Crippen molar-refractivity contribution >= 4 is 21.5 Å². The van der Waals surface area contributed by atoms with E-state index in [4.69, 9.17) is 0 Å². The third-order valence-electron chi connectivity index (χ3n) is 3.99. The normalized spacial score (nSPS) is 25.2. The first-order valence-corrected chi connectivity index (χ1v) is 7.70. The fraction of sp³-hybridized carbons (Fsp3) is 0.375. The molecule has 0 N–H and O–H groups in total. The van der Waals surface area contributed by atoms with E-state index < -0.39 is 0 Å². The quantitative estimate of drug-likeness (QED) is 0.579. The molecule has 104 valence electrons. The maximum atomic E-state index is 11.5. The van der Waals surface area contributed by atoms with E-state index in [1.807, 2.05) is 19.1 Å². The van der Waals surface area contributed by atoms with Crippen LogP contribution in [0.1, 0.15) is 37.3 Å². The number of rotatable bonds is 2. The number of nitro groups is 1. The summed E-state index contributed by atoms with van der Waals surface area (Å²) in [6.45, 7) is 1.98. The topological polar surface area (TPSA) is 43.1 Å². The van der Waals surface area contributed by atoms with Crippen LogP contribution in [0.4, 0.5) is 0 Å². The van der Waals surface area contributed by atoms with Gasteiger partial charge in [0.05, 0.1) is 4.92 Å². The minimum absolute atomic E-state index is 0.214. The maximum Gasteiger partial charge on any atom is 0.273 e. The zero-order chi connectivity index (χ0) is 14.3. The van der Waals surface area contributed by atoms with Crippen molar-refractivity contribution in [2.24, 2.45) is 5.92 Å². The molecule has 0 unspecified atom stereocenters. The monoisotopic (exact) mass is 333 g/mol. The van der Waals surface area contributed by atoms with Crippen LogP contribution in [0.25, 0.3) is 5.57 Å². The number of hydrogen-bond donors (Lipinski definition) is 0. The van der Waals surface area contributed by atoms with Crippen molar-refractivity contribution < 1.29 is 4.92 Å². The van der Waals surface area contributed by atoms with E-state index >= 15 is 0 Å². The molecule has 1 saturated carbocycles. The highest BCUT2D eigenvalue weighted by atomic mass is 79.9. The number of halogens is 1. The molecule has 0 radical (unpaired) electrons. The Balaban J connectivity index is 2.26. The summed E-state index contributed by atoms with van der Waals surface area (Å²) in [5.41, 5.74) is 4.62. The molecular formula is C16H16BrNO2. The Morgan fingerprint density at radius 1 is 1.30 bits per heavy atom. The van der Waals surface area contributed by atoms with Gasteiger partial charge < -0.3 is 0 Å². The second kappa shape index (κ2) is 5.17. The second-order valence-electron chi connectivity index (χ2n) is 5.62. The van der Waals surface area contributed by atoms with Crippen molar-refractivity contribution in [3.05, 3.63) is 61.3 Å². The molecule has 1 aromatic rings. The van der Waals surface area contributed by atoms with Gasteiger partial charge in [-0.05, 0) is 61.8 Å². The summed E-state index contributed by atoms with van der Waals surface area (Å²) >= 11 is 3.50. The Hall–Kier alpha value is -1.42. The Morgan fingerprint density at radius 2 is 2.05 bits per heavy atom. The van der Waals surface area contributed by atoms with E-state index in [9.17, 15) is 10.1 Å². The van der Waals surface area contributed by atoms with Crippen LogP contribution in [0.15, 0.2) is 40.0 Å². The molecule has 1 fully saturated rings. The van der Waals surface area contributed by atoms with Crippen molar-refractivity contribution in [3.8, 4) is 0 Å². The molecule has 0 bridgehead atoms. The molecule has 2 aliphatic rings. The summed E-state index contributed by atoms with van der Waals surface area (Å²) in [7, 11) is 0. The number of fused-ring (bicyclic) bond motifs is 1. The summed E-state index contributed by atoms with van der Waals surface area (Å²) in [5.74, 6) is 0.359. The molecule has 0 heterocycles. The first kappa shape index (κ1) is 13.6. The molecule has 2 aliphatic carbocycles. The highest BCUT2D eigenvalue weighted by Crippen LogP contribution is 2.46. The van der Waals surface area contributed by atoms with Gasteiger partial charge in [-0.3, -0.25) is 10.1 Å². The standard InChI is InChI=1S/C16H16BrNO2/c1-10-2-3-12-9-13(17)6-7-14(12)16(11-4-5-11)15(8-10)18(19)20/h6-9,11H,2-5H2,1H3/b10-8+,16-15+. The van der Waals surface area contributed by atoms with E-state index in [-0.39, 0.29) is 4.92 Å². The summed E-state index contributed by atoms with van der Waals surface area (Å²) in [6.07, 6.45) is 5.72. The summed E-state index contributed by atoms with van der Waals surface area (Å²) in [5, 5.41) is 11.5. The Kier molecular flexibility index (Phi) is 3.50. The third-order valence-corrected chi connectivity index (χ3v) is 4.48. The summed E-state index contributed by atoms with van der Waals surface area (Å²) in [4.78, 5) is 11.3. The zero-order valence-electron chi connectivity index (χ0n) is 11.4. The molecule has 0 atom stereocenters. The Morgan fingerprint density at radius 3 is 2.70 bits per heavy atom. The Bertz CT molecular complexity index is 642. The SMILES string of the molecule is C/C1=C\C([N+](=O)[O-])=C(\C2CC2)c2ccc(Br)cc2CC1. The molecule has 0 amide bonds. The molecule has 0 spiro atoms. The van der Waals surface area contributed by atoms with Crippen molar-refractivity contribution in [2.45, 2.75) is 32.6 Å². The predicted octanol–water partition coefficient (Wildman–Crippen LogP) is 4.74. The maximum absolute atomic E-state index is 11.5. The number of allylic oxidation sites excluding steroid dienone is 3. The van der Waals surface area contributed by atoms with Gasteiger partial charge in [0.25, 0.3) is 5.70 Å². The Labute approximate surface area is 126 Å². The summed E-state index contributed by atoms with van der Waals surface area (Å²) in [6, 6.07) is 6.12. The van der Waals surface area contributed by atoms with Crippen molar-refractivity contribution in [1.82, 2.24) is 0 Å². The van der Waals surface area contributed by atoms with E-state index in [1.165, 1.54) is 5.56 Å². The predicted molar refractivity (Wildman–Crippen MR) is 82.9 cm³/mol. The van der Waals surface area contributed by atoms with Gasteiger partial charge >= 0.3 is 0 Å². The van der Waals surface area contributed by atoms with Crippen LogP contribution in [-0.4, -0.2) is 4.92 Å². The lowest BCUT2D eigenvalue weighted by Crippen LogP contribution is -2.08. The summed E-state index contributed by atoms with van der Waals surface area (Å²) < 4.78 is 1.04. The molecule has 20 heavy (non-hydrogen) atoms. The van der Waals surface area contributed by atoms with Crippen LogP contribution in [0.5, 0.6) is 0 Å². The molecule has 3 nitrogen and oxygen atoms in total. The third kappa shape index (κ3) is 2.57. The largest absolute Gasteiger partial charge is 0.273 e. The fourth-order valence-electron chi connectivity index (χ4n) is 2.84.